The molecule has 0 aromatic heterocycles. The van der Waals surface area contributed by atoms with E-state index in [1.807, 2.05) is 13.8 Å². The lowest BCUT2D eigenvalue weighted by Gasteiger charge is -2.36. The van der Waals surface area contributed by atoms with Crippen molar-refractivity contribution in [3.8, 4) is 0 Å². The third-order valence-electron chi connectivity index (χ3n) is 3.82. The molecule has 1 saturated carbocycles. The Morgan fingerprint density at radius 3 is 2.26 bits per heavy atom. The van der Waals surface area contributed by atoms with Gasteiger partial charge in [-0.25, -0.2) is 0 Å². The summed E-state index contributed by atoms with van der Waals surface area (Å²) in [6, 6.07) is 0.0564. The van der Waals surface area contributed by atoms with E-state index in [1.54, 1.807) is 0 Å². The number of hydrogen-bond donors (Lipinski definition) is 2. The minimum absolute atomic E-state index is 0.0564. The number of likely N-dealkylation sites (tertiary alicyclic amines) is 1. The lowest BCUT2D eigenvalue weighted by atomic mass is 9.90. The van der Waals surface area contributed by atoms with Crippen LogP contribution in [0.25, 0.3) is 0 Å². The summed E-state index contributed by atoms with van der Waals surface area (Å²) in [6.45, 7) is 3.92. The fourth-order valence-electron chi connectivity index (χ4n) is 2.78. The van der Waals surface area contributed by atoms with Crippen LogP contribution in [-0.4, -0.2) is 40.7 Å². The summed E-state index contributed by atoms with van der Waals surface area (Å²) < 4.78 is 0. The van der Waals surface area contributed by atoms with Crippen molar-refractivity contribution >= 4 is 17.7 Å². The van der Waals surface area contributed by atoms with E-state index in [-0.39, 0.29) is 43.2 Å². The van der Waals surface area contributed by atoms with Crippen LogP contribution in [0.1, 0.15) is 39.5 Å². The van der Waals surface area contributed by atoms with Crippen LogP contribution in [-0.2, 0) is 14.4 Å². The molecule has 2 aliphatic rings. The van der Waals surface area contributed by atoms with Gasteiger partial charge in [-0.1, -0.05) is 0 Å². The van der Waals surface area contributed by atoms with Crippen LogP contribution in [0.3, 0.4) is 0 Å². The zero-order chi connectivity index (χ0) is 14.2. The molecule has 2 rings (SSSR count). The molecule has 0 spiro atoms. The summed E-state index contributed by atoms with van der Waals surface area (Å²) in [4.78, 5) is 36.6. The van der Waals surface area contributed by atoms with Crippen molar-refractivity contribution in [1.82, 2.24) is 10.2 Å². The summed E-state index contributed by atoms with van der Waals surface area (Å²) in [5.41, 5.74) is 4.61. The van der Waals surface area contributed by atoms with Crippen molar-refractivity contribution in [2.45, 2.75) is 51.1 Å². The van der Waals surface area contributed by atoms with Gasteiger partial charge in [-0.05, 0) is 32.6 Å². The zero-order valence-corrected chi connectivity index (χ0v) is 11.4. The molecule has 19 heavy (non-hydrogen) atoms. The predicted molar refractivity (Wildman–Crippen MR) is 68.9 cm³/mol. The van der Waals surface area contributed by atoms with E-state index >= 15 is 0 Å². The highest BCUT2D eigenvalue weighted by molar-refractivity contribution is 6.02. The molecular formula is C13H21N3O3. The standard InChI is InChI=1S/C13H21N3O3/c1-8(2)15-13(12(14)19,9-3-4-9)7-16-10(17)5-6-11(16)18/h8-9,15H,3-7H2,1-2H3,(H2,14,19). The van der Waals surface area contributed by atoms with E-state index in [4.69, 9.17) is 5.73 Å². The number of amides is 3. The third-order valence-corrected chi connectivity index (χ3v) is 3.82. The number of nitrogens with zero attached hydrogens (tertiary/aromatic N) is 1. The molecule has 3 N–H and O–H groups in total. The highest BCUT2D eigenvalue weighted by Gasteiger charge is 2.52. The number of rotatable bonds is 6. The van der Waals surface area contributed by atoms with Crippen LogP contribution < -0.4 is 11.1 Å². The van der Waals surface area contributed by atoms with Gasteiger partial charge in [0.15, 0.2) is 0 Å². The Hall–Kier alpha value is -1.43. The second-order valence-electron chi connectivity index (χ2n) is 5.78. The number of carbonyl (C=O) groups is 3. The minimum Gasteiger partial charge on any atom is -0.368 e. The SMILES string of the molecule is CC(C)NC(CN1C(=O)CCC1=O)(C(N)=O)C1CC1. The van der Waals surface area contributed by atoms with Gasteiger partial charge in [0.2, 0.25) is 17.7 Å². The van der Waals surface area contributed by atoms with Crippen LogP contribution in [0.15, 0.2) is 0 Å². The lowest BCUT2D eigenvalue weighted by Crippen LogP contribution is -2.65. The van der Waals surface area contributed by atoms with Gasteiger partial charge in [0.1, 0.15) is 5.54 Å². The van der Waals surface area contributed by atoms with Crippen molar-refractivity contribution in [1.29, 1.82) is 0 Å². The molecule has 1 heterocycles. The summed E-state index contributed by atoms with van der Waals surface area (Å²) in [5.74, 6) is -0.770. The maximum atomic E-state index is 11.9. The molecule has 106 valence electrons. The number of nitrogens with two attached hydrogens (primary N) is 1. The van der Waals surface area contributed by atoms with Gasteiger partial charge in [-0.15, -0.1) is 0 Å². The Balaban J connectivity index is 2.24. The topological polar surface area (TPSA) is 92.5 Å². The van der Waals surface area contributed by atoms with Gasteiger partial charge in [0.25, 0.3) is 0 Å². The first-order valence-corrected chi connectivity index (χ1v) is 6.77. The molecule has 0 bridgehead atoms. The third kappa shape index (κ3) is 2.63. The Bertz CT molecular complexity index is 401. The van der Waals surface area contributed by atoms with Crippen LogP contribution in [0.2, 0.25) is 0 Å². The summed E-state index contributed by atoms with van der Waals surface area (Å²) in [7, 11) is 0. The molecular weight excluding hydrogens is 246 g/mol. The van der Waals surface area contributed by atoms with E-state index in [9.17, 15) is 14.4 Å². The molecule has 6 heteroatoms. The van der Waals surface area contributed by atoms with Gasteiger partial charge in [-0.3, -0.25) is 24.6 Å². The molecule has 0 aromatic carbocycles. The average molecular weight is 267 g/mol. The van der Waals surface area contributed by atoms with Gasteiger partial charge >= 0.3 is 0 Å². The summed E-state index contributed by atoms with van der Waals surface area (Å²) >= 11 is 0. The van der Waals surface area contributed by atoms with Crippen molar-refractivity contribution in [2.24, 2.45) is 11.7 Å². The average Bonchev–Trinajstić information content (AvgIpc) is 3.10. The Morgan fingerprint density at radius 2 is 1.89 bits per heavy atom. The van der Waals surface area contributed by atoms with Crippen LogP contribution >= 0.6 is 0 Å². The molecule has 1 atom stereocenters. The molecule has 0 radical (unpaired) electrons. The number of carbonyl (C=O) groups excluding carboxylic acids is 3. The van der Waals surface area contributed by atoms with E-state index in [0.717, 1.165) is 12.8 Å². The Morgan fingerprint density at radius 1 is 1.37 bits per heavy atom. The molecule has 1 aliphatic carbocycles. The Labute approximate surface area is 112 Å². The first kappa shape index (κ1) is 14.0. The van der Waals surface area contributed by atoms with Gasteiger partial charge < -0.3 is 5.73 Å². The van der Waals surface area contributed by atoms with E-state index in [2.05, 4.69) is 5.32 Å². The smallest absolute Gasteiger partial charge is 0.239 e. The van der Waals surface area contributed by atoms with Gasteiger partial charge in [-0.2, -0.15) is 0 Å². The van der Waals surface area contributed by atoms with Crippen molar-refractivity contribution in [2.75, 3.05) is 6.54 Å². The minimum atomic E-state index is -0.968. The van der Waals surface area contributed by atoms with Crippen LogP contribution in [0.5, 0.6) is 0 Å². The first-order chi connectivity index (χ1) is 8.86. The van der Waals surface area contributed by atoms with Crippen LogP contribution in [0.4, 0.5) is 0 Å². The quantitative estimate of drug-likeness (QED) is 0.650. The number of hydrogen-bond acceptors (Lipinski definition) is 4. The van der Waals surface area contributed by atoms with E-state index < -0.39 is 11.4 Å². The largest absolute Gasteiger partial charge is 0.368 e. The number of imide groups is 1. The van der Waals surface area contributed by atoms with Gasteiger partial charge in [0, 0.05) is 18.9 Å². The van der Waals surface area contributed by atoms with Crippen molar-refractivity contribution in [3.63, 3.8) is 0 Å². The lowest BCUT2D eigenvalue weighted by molar-refractivity contribution is -0.141. The second-order valence-corrected chi connectivity index (χ2v) is 5.78. The van der Waals surface area contributed by atoms with E-state index in [1.165, 1.54) is 4.90 Å². The highest BCUT2D eigenvalue weighted by Crippen LogP contribution is 2.41. The molecule has 1 aliphatic heterocycles. The maximum Gasteiger partial charge on any atom is 0.239 e. The van der Waals surface area contributed by atoms with Crippen molar-refractivity contribution in [3.05, 3.63) is 0 Å². The fourth-order valence-corrected chi connectivity index (χ4v) is 2.78. The molecule has 1 unspecified atom stereocenters. The molecule has 2 fully saturated rings. The molecule has 1 saturated heterocycles. The molecule has 0 aromatic rings. The fraction of sp³-hybridized carbons (Fsp3) is 0.769. The zero-order valence-electron chi connectivity index (χ0n) is 11.4. The number of nitrogens with one attached hydrogen (secondary N) is 1. The predicted octanol–water partition coefficient (Wildman–Crippen LogP) is -0.232. The summed E-state index contributed by atoms with van der Waals surface area (Å²) in [5, 5.41) is 3.20. The van der Waals surface area contributed by atoms with Crippen LogP contribution in [0, 0.1) is 5.92 Å². The van der Waals surface area contributed by atoms with Gasteiger partial charge in [0.05, 0.1) is 6.54 Å². The normalized spacial score (nSPS) is 23.0. The molecule has 3 amide bonds. The number of primary amides is 1. The highest BCUT2D eigenvalue weighted by atomic mass is 16.2. The summed E-state index contributed by atoms with van der Waals surface area (Å²) in [6.07, 6.45) is 2.28. The molecule has 6 nitrogen and oxygen atoms in total. The van der Waals surface area contributed by atoms with Crippen molar-refractivity contribution < 1.29 is 14.4 Å². The monoisotopic (exact) mass is 267 g/mol. The first-order valence-electron chi connectivity index (χ1n) is 6.77. The van der Waals surface area contributed by atoms with E-state index in [0.29, 0.717) is 0 Å². The second kappa shape index (κ2) is 4.92. The maximum absolute atomic E-state index is 11.9. The Kier molecular flexibility index (Phi) is 3.62.